The summed E-state index contributed by atoms with van der Waals surface area (Å²) < 4.78 is 49.7. The van der Waals surface area contributed by atoms with E-state index >= 15 is 0 Å². The van der Waals surface area contributed by atoms with Crippen molar-refractivity contribution in [1.29, 1.82) is 0 Å². The van der Waals surface area contributed by atoms with E-state index in [-0.39, 0.29) is 18.8 Å². The zero-order valence-corrected chi connectivity index (χ0v) is 12.6. The van der Waals surface area contributed by atoms with Crippen LogP contribution in [0.25, 0.3) is 0 Å². The van der Waals surface area contributed by atoms with E-state index < -0.39 is 35.6 Å². The van der Waals surface area contributed by atoms with Crippen molar-refractivity contribution in [2.75, 3.05) is 25.1 Å². The maximum Gasteiger partial charge on any atom is 0.291 e. The SMILES string of the molecule is CS(=O)(=O)NCCNS(=O)(=O)c1ccc(N)cc1[N+](=O)[O-]. The molecule has 0 aliphatic heterocycles. The molecule has 21 heavy (non-hydrogen) atoms. The first-order valence-corrected chi connectivity index (χ1v) is 8.88. The minimum Gasteiger partial charge on any atom is -0.399 e. The Morgan fingerprint density at radius 3 is 2.29 bits per heavy atom. The van der Waals surface area contributed by atoms with E-state index in [0.717, 1.165) is 18.4 Å². The van der Waals surface area contributed by atoms with Gasteiger partial charge in [0.15, 0.2) is 4.90 Å². The molecule has 12 heteroatoms. The maximum atomic E-state index is 12.0. The molecule has 0 atom stereocenters. The highest BCUT2D eigenvalue weighted by Gasteiger charge is 2.25. The highest BCUT2D eigenvalue weighted by atomic mass is 32.2. The lowest BCUT2D eigenvalue weighted by Crippen LogP contribution is -2.34. The lowest BCUT2D eigenvalue weighted by molar-refractivity contribution is -0.387. The Kier molecular flexibility index (Phi) is 5.22. The van der Waals surface area contributed by atoms with Crippen molar-refractivity contribution in [2.24, 2.45) is 0 Å². The molecule has 0 radical (unpaired) electrons. The van der Waals surface area contributed by atoms with E-state index in [1.54, 1.807) is 0 Å². The van der Waals surface area contributed by atoms with E-state index in [1.165, 1.54) is 6.07 Å². The first kappa shape index (κ1) is 17.3. The molecule has 0 saturated heterocycles. The molecule has 0 amide bonds. The van der Waals surface area contributed by atoms with Gasteiger partial charge in [-0.25, -0.2) is 26.3 Å². The number of nitrogen functional groups attached to an aromatic ring is 1. The highest BCUT2D eigenvalue weighted by Crippen LogP contribution is 2.25. The second-order valence-electron chi connectivity index (χ2n) is 4.05. The summed E-state index contributed by atoms with van der Waals surface area (Å²) in [6.07, 6.45) is 0.923. The normalized spacial score (nSPS) is 12.2. The molecular weight excluding hydrogens is 324 g/mol. The maximum absolute atomic E-state index is 12.0. The molecule has 0 aromatic heterocycles. The van der Waals surface area contributed by atoms with Crippen molar-refractivity contribution in [2.45, 2.75) is 4.90 Å². The minimum atomic E-state index is -4.15. The van der Waals surface area contributed by atoms with Crippen LogP contribution in [0.15, 0.2) is 23.1 Å². The summed E-state index contributed by atoms with van der Waals surface area (Å²) >= 11 is 0. The number of sulfonamides is 2. The van der Waals surface area contributed by atoms with E-state index in [2.05, 4.69) is 9.44 Å². The zero-order valence-electron chi connectivity index (χ0n) is 10.9. The Hall–Kier alpha value is -1.76. The fourth-order valence-electron chi connectivity index (χ4n) is 1.40. The number of nitro groups is 1. The highest BCUT2D eigenvalue weighted by molar-refractivity contribution is 7.89. The van der Waals surface area contributed by atoms with E-state index in [4.69, 9.17) is 5.73 Å². The molecule has 1 aromatic rings. The van der Waals surface area contributed by atoms with Crippen LogP contribution in [0.4, 0.5) is 11.4 Å². The molecule has 0 aliphatic rings. The second-order valence-corrected chi connectivity index (χ2v) is 7.62. The molecule has 0 spiro atoms. The molecule has 10 nitrogen and oxygen atoms in total. The third kappa shape index (κ3) is 5.26. The molecule has 0 unspecified atom stereocenters. The van der Waals surface area contributed by atoms with Crippen LogP contribution in [0.2, 0.25) is 0 Å². The summed E-state index contributed by atoms with van der Waals surface area (Å²) in [5.41, 5.74) is 4.78. The molecule has 1 rings (SSSR count). The predicted molar refractivity (Wildman–Crippen MR) is 75.5 cm³/mol. The first-order chi connectivity index (χ1) is 9.53. The quantitative estimate of drug-likeness (QED) is 0.249. The molecule has 0 fully saturated rings. The predicted octanol–water partition coefficient (Wildman–Crippen LogP) is -0.995. The third-order valence-electron chi connectivity index (χ3n) is 2.25. The molecular formula is C9H14N4O6S2. The van der Waals surface area contributed by atoms with Crippen molar-refractivity contribution in [3.8, 4) is 0 Å². The van der Waals surface area contributed by atoms with Gasteiger partial charge in [0.25, 0.3) is 5.69 Å². The van der Waals surface area contributed by atoms with Gasteiger partial charge in [0.1, 0.15) is 0 Å². The van der Waals surface area contributed by atoms with Gasteiger partial charge in [0.2, 0.25) is 20.0 Å². The Balaban J connectivity index is 2.91. The standard InChI is InChI=1S/C9H14N4O6S2/c1-20(16,17)11-4-5-12-21(18,19)9-3-2-7(10)6-8(9)13(14)15/h2-3,6,11-12H,4-5,10H2,1H3. The monoisotopic (exact) mass is 338 g/mol. The van der Waals surface area contributed by atoms with Gasteiger partial charge in [-0.1, -0.05) is 0 Å². The van der Waals surface area contributed by atoms with Gasteiger partial charge < -0.3 is 5.73 Å². The number of rotatable bonds is 7. The number of nitrogens with zero attached hydrogens (tertiary/aromatic N) is 1. The number of nitro benzene ring substituents is 1. The van der Waals surface area contributed by atoms with Crippen LogP contribution in [-0.2, 0) is 20.0 Å². The smallest absolute Gasteiger partial charge is 0.291 e. The minimum absolute atomic E-state index is 0.0550. The Labute approximate surface area is 121 Å². The molecule has 118 valence electrons. The summed E-state index contributed by atoms with van der Waals surface area (Å²) in [7, 11) is -7.60. The van der Waals surface area contributed by atoms with E-state index in [0.29, 0.717) is 0 Å². The van der Waals surface area contributed by atoms with Crippen LogP contribution in [0.1, 0.15) is 0 Å². The van der Waals surface area contributed by atoms with Crippen LogP contribution in [0.5, 0.6) is 0 Å². The van der Waals surface area contributed by atoms with Gasteiger partial charge >= 0.3 is 0 Å². The Morgan fingerprint density at radius 2 is 1.76 bits per heavy atom. The molecule has 1 aromatic carbocycles. The average molecular weight is 338 g/mol. The van der Waals surface area contributed by atoms with Crippen LogP contribution >= 0.6 is 0 Å². The van der Waals surface area contributed by atoms with Crippen molar-refractivity contribution in [3.63, 3.8) is 0 Å². The lowest BCUT2D eigenvalue weighted by Gasteiger charge is -2.08. The molecule has 4 N–H and O–H groups in total. The van der Waals surface area contributed by atoms with Crippen molar-refractivity contribution >= 4 is 31.4 Å². The largest absolute Gasteiger partial charge is 0.399 e. The molecule has 0 heterocycles. The summed E-state index contributed by atoms with van der Waals surface area (Å²) in [6.45, 7) is -0.433. The van der Waals surface area contributed by atoms with Crippen LogP contribution < -0.4 is 15.2 Å². The topological polar surface area (TPSA) is 162 Å². The summed E-state index contributed by atoms with van der Waals surface area (Å²) in [4.78, 5) is 9.45. The van der Waals surface area contributed by atoms with Crippen molar-refractivity contribution < 1.29 is 21.8 Å². The zero-order chi connectivity index (χ0) is 16.3. The molecule has 0 aliphatic carbocycles. The second kappa shape index (κ2) is 6.34. The Bertz CT molecular complexity index is 744. The number of anilines is 1. The number of hydrogen-bond donors (Lipinski definition) is 3. The average Bonchev–Trinajstić information content (AvgIpc) is 2.33. The van der Waals surface area contributed by atoms with Gasteiger partial charge in [-0.15, -0.1) is 0 Å². The fraction of sp³-hybridized carbons (Fsp3) is 0.333. The van der Waals surface area contributed by atoms with Gasteiger partial charge in [0, 0.05) is 24.8 Å². The number of hydrogen-bond acceptors (Lipinski definition) is 7. The van der Waals surface area contributed by atoms with Crippen molar-refractivity contribution in [3.05, 3.63) is 28.3 Å². The van der Waals surface area contributed by atoms with Gasteiger partial charge in [0.05, 0.1) is 11.2 Å². The van der Waals surface area contributed by atoms with Crippen LogP contribution in [0.3, 0.4) is 0 Å². The molecule has 0 bridgehead atoms. The lowest BCUT2D eigenvalue weighted by atomic mass is 10.3. The third-order valence-corrected chi connectivity index (χ3v) is 4.49. The summed E-state index contributed by atoms with van der Waals surface area (Å²) in [6, 6.07) is 3.17. The summed E-state index contributed by atoms with van der Waals surface area (Å²) in [5, 5.41) is 10.8. The molecule has 0 saturated carbocycles. The van der Waals surface area contributed by atoms with Gasteiger partial charge in [-0.05, 0) is 12.1 Å². The van der Waals surface area contributed by atoms with Crippen molar-refractivity contribution in [1.82, 2.24) is 9.44 Å². The first-order valence-electron chi connectivity index (χ1n) is 5.51. The fourth-order valence-corrected chi connectivity index (χ4v) is 3.06. The summed E-state index contributed by atoms with van der Waals surface area (Å²) in [5.74, 6) is 0. The van der Waals surface area contributed by atoms with Crippen LogP contribution in [0, 0.1) is 10.1 Å². The number of benzene rings is 1. The number of nitrogens with two attached hydrogens (primary N) is 1. The van der Waals surface area contributed by atoms with Gasteiger partial charge in [-0.3, -0.25) is 10.1 Å². The van der Waals surface area contributed by atoms with E-state index in [9.17, 15) is 26.9 Å². The number of nitrogens with one attached hydrogen (secondary N) is 2. The van der Waals surface area contributed by atoms with Gasteiger partial charge in [-0.2, -0.15) is 0 Å². The Morgan fingerprint density at radius 1 is 1.19 bits per heavy atom. The van der Waals surface area contributed by atoms with E-state index in [1.807, 2.05) is 0 Å². The van der Waals surface area contributed by atoms with Crippen LogP contribution in [-0.4, -0.2) is 41.1 Å².